The molecule has 3 N–H and O–H groups in total. The van der Waals surface area contributed by atoms with Crippen LogP contribution >= 0.6 is 0 Å². The first-order valence-electron chi connectivity index (χ1n) is 10.5. The summed E-state index contributed by atoms with van der Waals surface area (Å²) in [6.45, 7) is 8.88. The van der Waals surface area contributed by atoms with Crippen LogP contribution in [0.2, 0.25) is 0 Å². The second-order valence-electron chi connectivity index (χ2n) is 8.61. The fourth-order valence-corrected chi connectivity index (χ4v) is 3.05. The third kappa shape index (κ3) is 6.86. The van der Waals surface area contributed by atoms with E-state index in [9.17, 15) is 19.2 Å². The highest BCUT2D eigenvalue weighted by molar-refractivity contribution is 5.99. The van der Waals surface area contributed by atoms with E-state index in [1.807, 2.05) is 13.8 Å². The van der Waals surface area contributed by atoms with Crippen molar-refractivity contribution in [2.75, 3.05) is 20.3 Å². The minimum atomic E-state index is -1.06. The first-order chi connectivity index (χ1) is 15.0. The van der Waals surface area contributed by atoms with E-state index in [-0.39, 0.29) is 24.0 Å². The number of hydrogen-bond acceptors (Lipinski definition) is 8. The van der Waals surface area contributed by atoms with Gasteiger partial charge >= 0.3 is 0 Å². The topological polar surface area (TPSA) is 152 Å². The maximum absolute atomic E-state index is 12.9. The maximum atomic E-state index is 12.9. The summed E-state index contributed by atoms with van der Waals surface area (Å²) in [5.74, 6) is -1.34. The Labute approximate surface area is 186 Å². The van der Waals surface area contributed by atoms with Gasteiger partial charge in [-0.25, -0.2) is 0 Å². The van der Waals surface area contributed by atoms with E-state index in [0.29, 0.717) is 18.8 Å². The van der Waals surface area contributed by atoms with Crippen LogP contribution in [0.5, 0.6) is 0 Å². The molecule has 1 aliphatic heterocycles. The number of rotatable bonds is 12. The van der Waals surface area contributed by atoms with Crippen LogP contribution in [0.15, 0.2) is 10.6 Å². The molecule has 32 heavy (non-hydrogen) atoms. The molecule has 0 aromatic carbocycles. The van der Waals surface area contributed by atoms with Crippen LogP contribution in [0.1, 0.15) is 50.4 Å². The smallest absolute Gasteiger partial charge is 0.274 e. The van der Waals surface area contributed by atoms with Gasteiger partial charge in [0.1, 0.15) is 23.4 Å². The number of Topliss-reactive ketones (excluding diaryl/α,β-unsaturated/α-hetero) is 1. The number of ketones is 1. The predicted molar refractivity (Wildman–Crippen MR) is 113 cm³/mol. The Morgan fingerprint density at radius 3 is 2.25 bits per heavy atom. The summed E-state index contributed by atoms with van der Waals surface area (Å²) in [7, 11) is 1.39. The highest BCUT2D eigenvalue weighted by Gasteiger charge is 2.50. The second-order valence-corrected chi connectivity index (χ2v) is 8.61. The number of hydrogen-bond donors (Lipinski definition) is 3. The van der Waals surface area contributed by atoms with Crippen LogP contribution in [0.25, 0.3) is 0 Å². The Balaban J connectivity index is 2.00. The minimum absolute atomic E-state index is 0.0409. The van der Waals surface area contributed by atoms with Gasteiger partial charge in [0.15, 0.2) is 11.5 Å². The molecule has 1 saturated heterocycles. The summed E-state index contributed by atoms with van der Waals surface area (Å²) in [5, 5.41) is 11.4. The molecule has 1 fully saturated rings. The summed E-state index contributed by atoms with van der Waals surface area (Å²) >= 11 is 0. The number of nitrogens with one attached hydrogen (secondary N) is 3. The van der Waals surface area contributed by atoms with Gasteiger partial charge in [-0.1, -0.05) is 19.0 Å². The first kappa shape index (κ1) is 25.5. The van der Waals surface area contributed by atoms with E-state index < -0.39 is 41.4 Å². The number of ether oxygens (including phenoxy) is 2. The number of amides is 3. The molecule has 2 heterocycles. The number of aryl methyl sites for hydroxylation is 1. The normalized spacial score (nSPS) is 20.2. The van der Waals surface area contributed by atoms with E-state index in [2.05, 4.69) is 21.1 Å². The van der Waals surface area contributed by atoms with Crippen molar-refractivity contribution in [2.45, 2.75) is 64.8 Å². The molecule has 0 bridgehead atoms. The third-order valence-electron chi connectivity index (χ3n) is 5.01. The Bertz CT molecular complexity index is 847. The Morgan fingerprint density at radius 1 is 1.12 bits per heavy atom. The molecule has 11 nitrogen and oxygen atoms in total. The van der Waals surface area contributed by atoms with E-state index in [1.165, 1.54) is 20.1 Å². The van der Waals surface area contributed by atoms with Gasteiger partial charge in [-0.2, -0.15) is 0 Å². The molecule has 178 valence electrons. The van der Waals surface area contributed by atoms with Gasteiger partial charge < -0.3 is 29.9 Å². The highest BCUT2D eigenvalue weighted by atomic mass is 16.6. The molecule has 3 unspecified atom stereocenters. The van der Waals surface area contributed by atoms with Gasteiger partial charge in [0.2, 0.25) is 11.8 Å². The summed E-state index contributed by atoms with van der Waals surface area (Å²) in [4.78, 5) is 50.4. The number of epoxide rings is 1. The van der Waals surface area contributed by atoms with Crippen LogP contribution in [0.4, 0.5) is 0 Å². The van der Waals surface area contributed by atoms with Crippen molar-refractivity contribution >= 4 is 23.5 Å². The lowest BCUT2D eigenvalue weighted by molar-refractivity contribution is -0.134. The summed E-state index contributed by atoms with van der Waals surface area (Å²) in [6.07, 6.45) is 0.431. The lowest BCUT2D eigenvalue weighted by atomic mass is 9.93. The van der Waals surface area contributed by atoms with Crippen molar-refractivity contribution in [1.82, 2.24) is 21.1 Å². The monoisotopic (exact) mass is 452 g/mol. The quantitative estimate of drug-likeness (QED) is 0.378. The SMILES string of the molecule is COC[C@H](NC(=O)C(C)NC(=O)c1cc(C)on1)C(=O)NC(CC(C)C)C(=O)C1(C)CO1. The molecule has 1 aliphatic rings. The van der Waals surface area contributed by atoms with Gasteiger partial charge in [-0.05, 0) is 33.1 Å². The van der Waals surface area contributed by atoms with Gasteiger partial charge in [0.25, 0.3) is 5.91 Å². The number of carbonyl (C=O) groups is 4. The van der Waals surface area contributed by atoms with Gasteiger partial charge in [-0.15, -0.1) is 0 Å². The second kappa shape index (κ2) is 10.7. The van der Waals surface area contributed by atoms with Gasteiger partial charge in [-0.3, -0.25) is 19.2 Å². The first-order valence-corrected chi connectivity index (χ1v) is 10.5. The number of aromatic nitrogens is 1. The fourth-order valence-electron chi connectivity index (χ4n) is 3.05. The molecule has 2 rings (SSSR count). The standard InChI is InChI=1S/C21H32N4O7/c1-11(2)7-14(17(26)21(5)10-31-21)23-20(29)16(9-30-6)24-18(27)13(4)22-19(28)15-8-12(3)32-25-15/h8,11,13-14,16H,7,9-10H2,1-6H3,(H,22,28)(H,23,29)(H,24,27)/t13?,14?,16-,21?/m0/s1. The molecule has 0 spiro atoms. The number of methoxy groups -OCH3 is 1. The maximum Gasteiger partial charge on any atom is 0.274 e. The largest absolute Gasteiger partial charge is 0.382 e. The van der Waals surface area contributed by atoms with Crippen LogP contribution < -0.4 is 16.0 Å². The van der Waals surface area contributed by atoms with E-state index in [0.717, 1.165) is 0 Å². The molecule has 0 aliphatic carbocycles. The van der Waals surface area contributed by atoms with Crippen molar-refractivity contribution in [3.8, 4) is 0 Å². The third-order valence-corrected chi connectivity index (χ3v) is 5.01. The van der Waals surface area contributed by atoms with Crippen molar-refractivity contribution < 1.29 is 33.2 Å². The average Bonchev–Trinajstić information content (AvgIpc) is 3.32. The zero-order valence-electron chi connectivity index (χ0n) is 19.3. The number of carbonyl (C=O) groups excluding carboxylic acids is 4. The molecule has 1 aromatic rings. The summed E-state index contributed by atoms with van der Waals surface area (Å²) in [5.41, 5.74) is -0.843. The molecular weight excluding hydrogens is 420 g/mol. The Hall–Kier alpha value is -2.79. The number of nitrogens with zero attached hydrogens (tertiary/aromatic N) is 1. The predicted octanol–water partition coefficient (Wildman–Crippen LogP) is 0.121. The van der Waals surface area contributed by atoms with E-state index >= 15 is 0 Å². The van der Waals surface area contributed by atoms with Crippen LogP contribution in [-0.2, 0) is 23.9 Å². The molecule has 3 amide bonds. The molecule has 1 aromatic heterocycles. The van der Waals surface area contributed by atoms with E-state index in [4.69, 9.17) is 14.0 Å². The minimum Gasteiger partial charge on any atom is -0.382 e. The zero-order valence-corrected chi connectivity index (χ0v) is 19.3. The van der Waals surface area contributed by atoms with Gasteiger partial charge in [0.05, 0.1) is 19.3 Å². The Kier molecular flexibility index (Phi) is 8.51. The lowest BCUT2D eigenvalue weighted by Crippen LogP contribution is -2.57. The summed E-state index contributed by atoms with van der Waals surface area (Å²) in [6, 6.07) is -1.33. The molecule has 11 heteroatoms. The van der Waals surface area contributed by atoms with Crippen LogP contribution in [0.3, 0.4) is 0 Å². The van der Waals surface area contributed by atoms with Crippen molar-refractivity contribution in [1.29, 1.82) is 0 Å². The van der Waals surface area contributed by atoms with Gasteiger partial charge in [0, 0.05) is 13.2 Å². The zero-order chi connectivity index (χ0) is 24.1. The molecule has 0 radical (unpaired) electrons. The van der Waals surface area contributed by atoms with Crippen molar-refractivity contribution in [2.24, 2.45) is 5.92 Å². The van der Waals surface area contributed by atoms with Crippen molar-refractivity contribution in [3.05, 3.63) is 17.5 Å². The van der Waals surface area contributed by atoms with Crippen LogP contribution in [-0.4, -0.2) is 72.7 Å². The Morgan fingerprint density at radius 2 is 1.75 bits per heavy atom. The molecule has 0 saturated carbocycles. The molecule has 4 atom stereocenters. The summed E-state index contributed by atoms with van der Waals surface area (Å²) < 4.78 is 15.2. The van der Waals surface area contributed by atoms with Crippen molar-refractivity contribution in [3.63, 3.8) is 0 Å². The average molecular weight is 453 g/mol. The lowest BCUT2D eigenvalue weighted by Gasteiger charge is -2.25. The van der Waals surface area contributed by atoms with E-state index in [1.54, 1.807) is 13.8 Å². The van der Waals surface area contributed by atoms with Crippen LogP contribution in [0, 0.1) is 12.8 Å². The highest BCUT2D eigenvalue weighted by Crippen LogP contribution is 2.29. The fraction of sp³-hybridized carbons (Fsp3) is 0.667. The molecular formula is C21H32N4O7.